The van der Waals surface area contributed by atoms with E-state index >= 15 is 0 Å². The topological polar surface area (TPSA) is 64.9 Å². The van der Waals surface area contributed by atoms with Gasteiger partial charge in [-0.1, -0.05) is 5.16 Å². The van der Waals surface area contributed by atoms with Gasteiger partial charge in [0.25, 0.3) is 0 Å². The minimum atomic E-state index is 0.175. The smallest absolute Gasteiger partial charge is 0.232 e. The maximum absolute atomic E-state index is 6.02. The van der Waals surface area contributed by atoms with E-state index in [-0.39, 0.29) is 12.0 Å². The van der Waals surface area contributed by atoms with Gasteiger partial charge in [0.15, 0.2) is 5.82 Å². The van der Waals surface area contributed by atoms with Crippen LogP contribution in [0.15, 0.2) is 4.52 Å². The Morgan fingerprint density at radius 1 is 1.38 bits per heavy atom. The Morgan fingerprint density at radius 3 is 3.00 bits per heavy atom. The standard InChI is InChI=1S/C10H15N3OS2/c11-7-5-15-4-6(7)10-12-9(13-14-10)8-2-1-3-16-8/h6-8H,1-5,11H2. The van der Waals surface area contributed by atoms with Crippen LogP contribution in [-0.4, -0.2) is 33.4 Å². The van der Waals surface area contributed by atoms with E-state index in [1.165, 1.54) is 18.6 Å². The lowest BCUT2D eigenvalue weighted by molar-refractivity contribution is 0.348. The Bertz CT molecular complexity index is 365. The maximum Gasteiger partial charge on any atom is 0.232 e. The first-order valence-corrected chi connectivity index (χ1v) is 7.83. The second-order valence-corrected chi connectivity index (χ2v) is 6.69. The van der Waals surface area contributed by atoms with Crippen LogP contribution in [0.2, 0.25) is 0 Å². The lowest BCUT2D eigenvalue weighted by Gasteiger charge is -2.07. The highest BCUT2D eigenvalue weighted by Gasteiger charge is 2.32. The predicted octanol–water partition coefficient (Wildman–Crippen LogP) is 1.80. The highest BCUT2D eigenvalue weighted by molar-refractivity contribution is 7.99. The third-order valence-electron chi connectivity index (χ3n) is 3.12. The van der Waals surface area contributed by atoms with Gasteiger partial charge in [-0.25, -0.2) is 0 Å². The number of thioether (sulfide) groups is 2. The van der Waals surface area contributed by atoms with Crippen molar-refractivity contribution in [3.8, 4) is 0 Å². The van der Waals surface area contributed by atoms with Crippen molar-refractivity contribution in [2.45, 2.75) is 30.1 Å². The molecule has 3 unspecified atom stereocenters. The average Bonchev–Trinajstić information content (AvgIpc) is 2.96. The van der Waals surface area contributed by atoms with Gasteiger partial charge in [0.1, 0.15) is 0 Å². The molecule has 0 saturated carbocycles. The summed E-state index contributed by atoms with van der Waals surface area (Å²) in [5.41, 5.74) is 6.02. The van der Waals surface area contributed by atoms with E-state index in [2.05, 4.69) is 10.1 Å². The van der Waals surface area contributed by atoms with Crippen molar-refractivity contribution < 1.29 is 4.52 Å². The molecule has 3 rings (SSSR count). The Balaban J connectivity index is 1.76. The molecule has 0 bridgehead atoms. The van der Waals surface area contributed by atoms with Gasteiger partial charge < -0.3 is 10.3 Å². The minimum absolute atomic E-state index is 0.175. The first-order valence-electron chi connectivity index (χ1n) is 5.63. The zero-order chi connectivity index (χ0) is 11.0. The van der Waals surface area contributed by atoms with E-state index in [1.54, 1.807) is 0 Å². The summed E-state index contributed by atoms with van der Waals surface area (Å²) in [7, 11) is 0. The lowest BCUT2D eigenvalue weighted by Crippen LogP contribution is -2.26. The second-order valence-electron chi connectivity index (χ2n) is 4.30. The Morgan fingerprint density at radius 2 is 2.31 bits per heavy atom. The summed E-state index contributed by atoms with van der Waals surface area (Å²) < 4.78 is 5.36. The van der Waals surface area contributed by atoms with Crippen LogP contribution in [0.4, 0.5) is 0 Å². The monoisotopic (exact) mass is 257 g/mol. The molecule has 3 heterocycles. The van der Waals surface area contributed by atoms with Crippen LogP contribution < -0.4 is 5.73 Å². The molecule has 0 radical (unpaired) electrons. The molecule has 0 aliphatic carbocycles. The molecule has 16 heavy (non-hydrogen) atoms. The quantitative estimate of drug-likeness (QED) is 0.871. The summed E-state index contributed by atoms with van der Waals surface area (Å²) in [6.45, 7) is 0. The fourth-order valence-corrected chi connectivity index (χ4v) is 4.62. The van der Waals surface area contributed by atoms with E-state index in [0.29, 0.717) is 5.25 Å². The Kier molecular flexibility index (Phi) is 3.13. The van der Waals surface area contributed by atoms with Crippen molar-refractivity contribution in [2.75, 3.05) is 17.3 Å². The van der Waals surface area contributed by atoms with E-state index in [1.807, 2.05) is 23.5 Å². The fraction of sp³-hybridized carbons (Fsp3) is 0.800. The SMILES string of the molecule is NC1CSCC1c1nc(C2CCCS2)no1. The molecule has 6 heteroatoms. The van der Waals surface area contributed by atoms with Crippen LogP contribution in [0, 0.1) is 0 Å². The van der Waals surface area contributed by atoms with Crippen LogP contribution >= 0.6 is 23.5 Å². The van der Waals surface area contributed by atoms with Crippen molar-refractivity contribution in [1.82, 2.24) is 10.1 Å². The molecular weight excluding hydrogens is 242 g/mol. The van der Waals surface area contributed by atoms with Crippen LogP contribution in [0.3, 0.4) is 0 Å². The fourth-order valence-electron chi connectivity index (χ4n) is 2.14. The first kappa shape index (κ1) is 10.9. The van der Waals surface area contributed by atoms with Gasteiger partial charge >= 0.3 is 0 Å². The van der Waals surface area contributed by atoms with Crippen molar-refractivity contribution >= 4 is 23.5 Å². The van der Waals surface area contributed by atoms with Gasteiger partial charge in [-0.2, -0.15) is 28.5 Å². The van der Waals surface area contributed by atoms with E-state index in [0.717, 1.165) is 23.2 Å². The third-order valence-corrected chi connectivity index (χ3v) is 5.71. The summed E-state index contributed by atoms with van der Waals surface area (Å²) >= 11 is 3.80. The first-order chi connectivity index (χ1) is 7.84. The van der Waals surface area contributed by atoms with Gasteiger partial charge in [0.2, 0.25) is 5.89 Å². The van der Waals surface area contributed by atoms with E-state index in [4.69, 9.17) is 10.3 Å². The molecule has 3 atom stereocenters. The normalized spacial score (nSPS) is 34.7. The number of aromatic nitrogens is 2. The number of hydrogen-bond donors (Lipinski definition) is 1. The number of hydrogen-bond acceptors (Lipinski definition) is 6. The molecule has 4 nitrogen and oxygen atoms in total. The van der Waals surface area contributed by atoms with Crippen molar-refractivity contribution in [3.05, 3.63) is 11.7 Å². The summed E-state index contributed by atoms with van der Waals surface area (Å²) in [6.07, 6.45) is 2.44. The third kappa shape index (κ3) is 1.98. The molecule has 2 fully saturated rings. The minimum Gasteiger partial charge on any atom is -0.339 e. The average molecular weight is 257 g/mol. The highest BCUT2D eigenvalue weighted by atomic mass is 32.2. The van der Waals surface area contributed by atoms with Crippen LogP contribution in [0.5, 0.6) is 0 Å². The molecule has 88 valence electrons. The zero-order valence-corrected chi connectivity index (χ0v) is 10.6. The number of nitrogens with zero attached hydrogens (tertiary/aromatic N) is 2. The molecule has 2 aliphatic heterocycles. The Hall–Kier alpha value is -0.200. The van der Waals surface area contributed by atoms with Gasteiger partial charge in [-0.15, -0.1) is 0 Å². The molecule has 0 spiro atoms. The lowest BCUT2D eigenvalue weighted by atomic mass is 10.1. The zero-order valence-electron chi connectivity index (χ0n) is 8.96. The Labute approximate surface area is 103 Å². The molecule has 0 amide bonds. The van der Waals surface area contributed by atoms with Gasteiger partial charge in [-0.05, 0) is 18.6 Å². The van der Waals surface area contributed by atoms with Crippen LogP contribution in [0.25, 0.3) is 0 Å². The molecule has 1 aromatic rings. The van der Waals surface area contributed by atoms with E-state index < -0.39 is 0 Å². The predicted molar refractivity (Wildman–Crippen MR) is 66.8 cm³/mol. The van der Waals surface area contributed by atoms with Crippen LogP contribution in [-0.2, 0) is 0 Å². The summed E-state index contributed by atoms with van der Waals surface area (Å²) in [5.74, 6) is 5.12. The van der Waals surface area contributed by atoms with Crippen molar-refractivity contribution in [2.24, 2.45) is 5.73 Å². The summed E-state index contributed by atoms with van der Waals surface area (Å²) in [5, 5.41) is 4.55. The van der Waals surface area contributed by atoms with Crippen molar-refractivity contribution in [3.63, 3.8) is 0 Å². The summed E-state index contributed by atoms with van der Waals surface area (Å²) in [6, 6.07) is 0.175. The number of nitrogens with two attached hydrogens (primary N) is 1. The van der Waals surface area contributed by atoms with Gasteiger partial charge in [-0.3, -0.25) is 0 Å². The molecule has 2 saturated heterocycles. The van der Waals surface area contributed by atoms with Crippen molar-refractivity contribution in [1.29, 1.82) is 0 Å². The largest absolute Gasteiger partial charge is 0.339 e. The summed E-state index contributed by atoms with van der Waals surface area (Å²) in [4.78, 5) is 4.53. The maximum atomic E-state index is 6.02. The van der Waals surface area contributed by atoms with Gasteiger partial charge in [0.05, 0.1) is 11.2 Å². The second kappa shape index (κ2) is 4.58. The highest BCUT2D eigenvalue weighted by Crippen LogP contribution is 2.39. The molecular formula is C10H15N3OS2. The molecule has 0 aromatic carbocycles. The number of rotatable bonds is 2. The van der Waals surface area contributed by atoms with Gasteiger partial charge in [0, 0.05) is 17.5 Å². The molecule has 2 aliphatic rings. The molecule has 1 aromatic heterocycles. The van der Waals surface area contributed by atoms with E-state index in [9.17, 15) is 0 Å². The molecule has 2 N–H and O–H groups in total. The van der Waals surface area contributed by atoms with Crippen LogP contribution in [0.1, 0.15) is 35.7 Å².